The van der Waals surface area contributed by atoms with Gasteiger partial charge in [-0.15, -0.1) is 11.8 Å². The van der Waals surface area contributed by atoms with Gasteiger partial charge in [0.05, 0.1) is 22.0 Å². The molecule has 0 aliphatic heterocycles. The van der Waals surface area contributed by atoms with E-state index in [2.05, 4.69) is 0 Å². The maximum atomic E-state index is 11.0. The maximum Gasteiger partial charge on any atom is 0.283 e. The lowest BCUT2D eigenvalue weighted by Gasteiger charge is -2.18. The standard InChI is InChI=1S/C12H15NO4S/c1-18-11-5-2-7(6-8(11)13(16)17)12-9(14)3-4-10(12)15/h2,5-6,9-10,12,14-15H,3-4H2,1H3. The predicted molar refractivity (Wildman–Crippen MR) is 68.9 cm³/mol. The molecule has 98 valence electrons. The van der Waals surface area contributed by atoms with Crippen LogP contribution in [0, 0.1) is 10.1 Å². The van der Waals surface area contributed by atoms with Gasteiger partial charge in [0.15, 0.2) is 0 Å². The first-order chi connectivity index (χ1) is 8.54. The van der Waals surface area contributed by atoms with Gasteiger partial charge in [-0.1, -0.05) is 6.07 Å². The topological polar surface area (TPSA) is 83.6 Å². The van der Waals surface area contributed by atoms with Crippen molar-refractivity contribution in [1.82, 2.24) is 0 Å². The molecule has 0 heterocycles. The molecule has 2 N–H and O–H groups in total. The molecule has 5 nitrogen and oxygen atoms in total. The van der Waals surface area contributed by atoms with Crippen molar-refractivity contribution in [3.8, 4) is 0 Å². The Morgan fingerprint density at radius 3 is 2.44 bits per heavy atom. The first-order valence-corrected chi connectivity index (χ1v) is 6.95. The van der Waals surface area contributed by atoms with Crippen LogP contribution in [0.2, 0.25) is 0 Å². The normalized spacial score (nSPS) is 27.4. The Morgan fingerprint density at radius 1 is 1.33 bits per heavy atom. The number of nitrogens with zero attached hydrogens (tertiary/aromatic N) is 1. The summed E-state index contributed by atoms with van der Waals surface area (Å²) in [6.07, 6.45) is 1.59. The van der Waals surface area contributed by atoms with Crippen molar-refractivity contribution in [3.63, 3.8) is 0 Å². The minimum atomic E-state index is -0.625. The largest absolute Gasteiger partial charge is 0.392 e. The summed E-state index contributed by atoms with van der Waals surface area (Å²) in [7, 11) is 0. The summed E-state index contributed by atoms with van der Waals surface area (Å²) in [4.78, 5) is 11.1. The highest BCUT2D eigenvalue weighted by Gasteiger charge is 2.35. The zero-order valence-electron chi connectivity index (χ0n) is 9.94. The summed E-state index contributed by atoms with van der Waals surface area (Å²) in [5.41, 5.74) is 0.670. The van der Waals surface area contributed by atoms with Crippen LogP contribution >= 0.6 is 11.8 Å². The molecule has 2 rings (SSSR count). The second-order valence-corrected chi connectivity index (χ2v) is 5.27. The quantitative estimate of drug-likeness (QED) is 0.497. The lowest BCUT2D eigenvalue weighted by atomic mass is 9.93. The Hall–Kier alpha value is -1.11. The van der Waals surface area contributed by atoms with Gasteiger partial charge in [-0.2, -0.15) is 0 Å². The fourth-order valence-electron chi connectivity index (χ4n) is 2.46. The molecule has 1 saturated carbocycles. The molecule has 0 saturated heterocycles. The van der Waals surface area contributed by atoms with Crippen LogP contribution in [0.5, 0.6) is 0 Å². The minimum absolute atomic E-state index is 0.0336. The molecule has 18 heavy (non-hydrogen) atoms. The van der Waals surface area contributed by atoms with E-state index in [9.17, 15) is 20.3 Å². The lowest BCUT2D eigenvalue weighted by Crippen LogP contribution is -2.20. The van der Waals surface area contributed by atoms with Crippen LogP contribution in [0.4, 0.5) is 5.69 Å². The molecule has 1 aliphatic rings. The monoisotopic (exact) mass is 269 g/mol. The molecule has 2 unspecified atom stereocenters. The van der Waals surface area contributed by atoms with Crippen LogP contribution in [-0.4, -0.2) is 33.6 Å². The summed E-state index contributed by atoms with van der Waals surface area (Å²) in [6, 6.07) is 4.89. The van der Waals surface area contributed by atoms with Gasteiger partial charge < -0.3 is 10.2 Å². The van der Waals surface area contributed by atoms with Crippen molar-refractivity contribution >= 4 is 17.4 Å². The van der Waals surface area contributed by atoms with E-state index >= 15 is 0 Å². The summed E-state index contributed by atoms with van der Waals surface area (Å²) in [5.74, 6) is -0.417. The van der Waals surface area contributed by atoms with Gasteiger partial charge >= 0.3 is 0 Å². The van der Waals surface area contributed by atoms with E-state index in [4.69, 9.17) is 0 Å². The average Bonchev–Trinajstić information content (AvgIpc) is 2.68. The van der Waals surface area contributed by atoms with E-state index in [1.165, 1.54) is 17.8 Å². The predicted octanol–water partition coefficient (Wildman–Crippen LogP) is 1.92. The van der Waals surface area contributed by atoms with Crippen molar-refractivity contribution in [2.45, 2.75) is 35.9 Å². The third-order valence-corrected chi connectivity index (χ3v) is 4.16. The smallest absolute Gasteiger partial charge is 0.283 e. The Kier molecular flexibility index (Phi) is 3.89. The van der Waals surface area contributed by atoms with Crippen LogP contribution in [-0.2, 0) is 0 Å². The highest BCUT2D eigenvalue weighted by molar-refractivity contribution is 7.98. The third kappa shape index (κ3) is 2.36. The number of hydrogen-bond acceptors (Lipinski definition) is 5. The first kappa shape index (κ1) is 13.3. The van der Waals surface area contributed by atoms with Gasteiger partial charge in [0.2, 0.25) is 0 Å². The second kappa shape index (κ2) is 5.26. The highest BCUT2D eigenvalue weighted by Crippen LogP contribution is 2.38. The molecular formula is C12H15NO4S. The molecule has 1 fully saturated rings. The number of benzene rings is 1. The molecule has 1 aromatic carbocycles. The summed E-state index contributed by atoms with van der Waals surface area (Å²) < 4.78 is 0. The van der Waals surface area contributed by atoms with Crippen molar-refractivity contribution in [2.24, 2.45) is 0 Å². The van der Waals surface area contributed by atoms with Gasteiger partial charge in [-0.05, 0) is 30.7 Å². The number of aliphatic hydroxyl groups excluding tert-OH is 2. The average molecular weight is 269 g/mol. The van der Waals surface area contributed by atoms with E-state index < -0.39 is 23.0 Å². The molecule has 2 atom stereocenters. The number of nitro benzene ring substituents is 1. The zero-order chi connectivity index (χ0) is 13.3. The molecule has 0 spiro atoms. The van der Waals surface area contributed by atoms with E-state index in [1.807, 2.05) is 0 Å². The molecule has 1 aliphatic carbocycles. The Bertz CT molecular complexity index is 455. The van der Waals surface area contributed by atoms with Crippen LogP contribution in [0.15, 0.2) is 23.1 Å². The summed E-state index contributed by atoms with van der Waals surface area (Å²) in [5, 5.41) is 30.6. The molecule has 0 amide bonds. The van der Waals surface area contributed by atoms with Crippen LogP contribution in [0.25, 0.3) is 0 Å². The van der Waals surface area contributed by atoms with E-state index in [0.29, 0.717) is 23.3 Å². The van der Waals surface area contributed by atoms with Gasteiger partial charge in [0.1, 0.15) is 0 Å². The molecule has 1 aromatic rings. The fraction of sp³-hybridized carbons (Fsp3) is 0.500. The maximum absolute atomic E-state index is 11.0. The van der Waals surface area contributed by atoms with E-state index in [-0.39, 0.29) is 5.69 Å². The molecule has 0 aromatic heterocycles. The summed E-state index contributed by atoms with van der Waals surface area (Å²) in [6.45, 7) is 0. The second-order valence-electron chi connectivity index (χ2n) is 4.43. The Morgan fingerprint density at radius 2 is 1.94 bits per heavy atom. The molecule has 0 bridgehead atoms. The molecule has 0 radical (unpaired) electrons. The van der Waals surface area contributed by atoms with E-state index in [1.54, 1.807) is 18.4 Å². The van der Waals surface area contributed by atoms with Crippen molar-refractivity contribution in [2.75, 3.05) is 6.26 Å². The van der Waals surface area contributed by atoms with Gasteiger partial charge in [-0.3, -0.25) is 10.1 Å². The fourth-order valence-corrected chi connectivity index (χ4v) is 3.01. The summed E-state index contributed by atoms with van der Waals surface area (Å²) >= 11 is 1.31. The first-order valence-electron chi connectivity index (χ1n) is 5.73. The Labute approximate surface area is 109 Å². The van der Waals surface area contributed by atoms with Crippen LogP contribution < -0.4 is 0 Å². The highest BCUT2D eigenvalue weighted by atomic mass is 32.2. The number of nitro groups is 1. The number of hydrogen-bond donors (Lipinski definition) is 2. The lowest BCUT2D eigenvalue weighted by molar-refractivity contribution is -0.387. The van der Waals surface area contributed by atoms with E-state index in [0.717, 1.165) is 0 Å². The van der Waals surface area contributed by atoms with Crippen LogP contribution in [0.3, 0.4) is 0 Å². The number of aliphatic hydroxyl groups is 2. The molecule has 6 heteroatoms. The van der Waals surface area contributed by atoms with Gasteiger partial charge in [-0.25, -0.2) is 0 Å². The van der Waals surface area contributed by atoms with Crippen molar-refractivity contribution in [1.29, 1.82) is 0 Å². The van der Waals surface area contributed by atoms with Gasteiger partial charge in [0, 0.05) is 12.0 Å². The molecular weight excluding hydrogens is 254 g/mol. The zero-order valence-corrected chi connectivity index (χ0v) is 10.8. The third-order valence-electron chi connectivity index (χ3n) is 3.37. The minimum Gasteiger partial charge on any atom is -0.392 e. The SMILES string of the molecule is CSc1ccc(C2C(O)CCC2O)cc1[N+](=O)[O-]. The van der Waals surface area contributed by atoms with Crippen molar-refractivity contribution in [3.05, 3.63) is 33.9 Å². The van der Waals surface area contributed by atoms with Crippen molar-refractivity contribution < 1.29 is 15.1 Å². The van der Waals surface area contributed by atoms with Crippen LogP contribution in [0.1, 0.15) is 24.3 Å². The number of thioether (sulfide) groups is 1. The van der Waals surface area contributed by atoms with Gasteiger partial charge in [0.25, 0.3) is 5.69 Å². The Balaban J connectivity index is 2.40. The number of rotatable bonds is 3.